The van der Waals surface area contributed by atoms with Gasteiger partial charge in [0.15, 0.2) is 0 Å². The summed E-state index contributed by atoms with van der Waals surface area (Å²) in [5, 5.41) is 5.08. The molecule has 4 aromatic rings. The molecule has 0 saturated heterocycles. The fraction of sp³-hybridized carbons (Fsp3) is 0.419. The molecule has 0 saturated carbocycles. The Hall–Kier alpha value is -3.01. The van der Waals surface area contributed by atoms with Crippen LogP contribution in [0.15, 0.2) is 54.2 Å². The van der Waals surface area contributed by atoms with Gasteiger partial charge in [0.2, 0.25) is 0 Å². The number of aromatic nitrogens is 4. The molecule has 212 valence electrons. The van der Waals surface area contributed by atoms with Crippen LogP contribution in [-0.4, -0.2) is 55.8 Å². The van der Waals surface area contributed by atoms with Crippen LogP contribution in [0.4, 0.5) is 0 Å². The van der Waals surface area contributed by atoms with E-state index in [1.54, 1.807) is 17.5 Å². The maximum Gasteiger partial charge on any atom is 0.251 e. The molecule has 9 heteroatoms. The normalized spacial score (nSPS) is 16.6. The second-order valence-electron chi connectivity index (χ2n) is 11.6. The minimum absolute atomic E-state index is 0.105. The number of carbonyl (C=O) groups is 1. The highest BCUT2D eigenvalue weighted by molar-refractivity contribution is 8.29. The Morgan fingerprint density at radius 2 is 2.00 bits per heavy atom. The van der Waals surface area contributed by atoms with Crippen molar-refractivity contribution >= 4 is 44.2 Å². The molecule has 0 fully saturated rings. The largest absolute Gasteiger partial charge is 0.352 e. The van der Waals surface area contributed by atoms with Gasteiger partial charge in [0, 0.05) is 35.7 Å². The SMILES string of the molecule is CC(C)(C)S(C)(C)OC1CC=C(c2nc3ccc(C(=O)NCCCc4ncc[nH]4)cc3nc2-c2cccs2)CC1. The topological polar surface area (TPSA) is 92.8 Å². The second-order valence-corrected chi connectivity index (χ2v) is 16.4. The summed E-state index contributed by atoms with van der Waals surface area (Å²) in [7, 11) is -1.17. The molecule has 1 aliphatic carbocycles. The van der Waals surface area contributed by atoms with Crippen molar-refractivity contribution in [3.05, 3.63) is 71.3 Å². The number of rotatable bonds is 9. The standard InChI is InChI=1S/C31H39N5O2S2/c1-31(2,3)40(4,5)38-23-13-10-21(11-14-23)28-29(26-8-7-19-39-26)36-25-20-22(12-15-24(25)35-28)30(37)34-16-6-9-27-32-17-18-33-27/h7-8,10,12,15,17-20,23H,6,9,11,13-14,16H2,1-5H3,(H,32,33)(H,34,37). The van der Waals surface area contributed by atoms with Crippen molar-refractivity contribution in [3.8, 4) is 10.6 Å². The minimum atomic E-state index is -1.17. The number of aryl methyl sites for hydroxylation is 1. The quantitative estimate of drug-likeness (QED) is 0.206. The minimum Gasteiger partial charge on any atom is -0.352 e. The van der Waals surface area contributed by atoms with Gasteiger partial charge in [0.25, 0.3) is 5.91 Å². The molecule has 5 rings (SSSR count). The Morgan fingerprint density at radius 1 is 1.18 bits per heavy atom. The first-order valence-corrected chi connectivity index (χ1v) is 17.1. The molecule has 0 aliphatic heterocycles. The van der Waals surface area contributed by atoms with Crippen LogP contribution in [0.1, 0.15) is 68.3 Å². The van der Waals surface area contributed by atoms with Crippen molar-refractivity contribution in [1.29, 1.82) is 0 Å². The smallest absolute Gasteiger partial charge is 0.251 e. The molecule has 0 bridgehead atoms. The van der Waals surface area contributed by atoms with Crippen molar-refractivity contribution in [2.45, 2.75) is 63.7 Å². The lowest BCUT2D eigenvalue weighted by atomic mass is 9.93. The van der Waals surface area contributed by atoms with E-state index in [9.17, 15) is 4.79 Å². The molecular formula is C31H39N5O2S2. The molecule has 3 heterocycles. The summed E-state index contributed by atoms with van der Waals surface area (Å²) in [5.74, 6) is 0.823. The van der Waals surface area contributed by atoms with Crippen LogP contribution in [0.2, 0.25) is 0 Å². The first-order valence-electron chi connectivity index (χ1n) is 13.8. The first-order chi connectivity index (χ1) is 19.1. The third-order valence-corrected chi connectivity index (χ3v) is 12.2. The lowest BCUT2D eigenvalue weighted by Crippen LogP contribution is -2.29. The predicted molar refractivity (Wildman–Crippen MR) is 168 cm³/mol. The number of nitrogens with zero attached hydrogens (tertiary/aromatic N) is 3. The van der Waals surface area contributed by atoms with Crippen LogP contribution >= 0.6 is 21.6 Å². The first kappa shape index (κ1) is 28.5. The number of hydrogen-bond donors (Lipinski definition) is 2. The molecule has 2 N–H and O–H groups in total. The number of thiophene rings is 1. The molecule has 40 heavy (non-hydrogen) atoms. The Bertz CT molecular complexity index is 1490. The van der Waals surface area contributed by atoms with Crippen molar-refractivity contribution in [2.24, 2.45) is 0 Å². The summed E-state index contributed by atoms with van der Waals surface area (Å²) in [6, 6.07) is 9.72. The van der Waals surface area contributed by atoms with Crippen LogP contribution in [0, 0.1) is 0 Å². The van der Waals surface area contributed by atoms with E-state index in [1.807, 2.05) is 30.5 Å². The Morgan fingerprint density at radius 3 is 2.67 bits per heavy atom. The van der Waals surface area contributed by atoms with Gasteiger partial charge in [-0.25, -0.2) is 15.0 Å². The number of fused-ring (bicyclic) bond motifs is 1. The zero-order valence-corrected chi connectivity index (χ0v) is 25.6. The summed E-state index contributed by atoms with van der Waals surface area (Å²) in [6.45, 7) is 7.38. The summed E-state index contributed by atoms with van der Waals surface area (Å²) >= 11 is 1.66. The number of H-pyrrole nitrogens is 1. The summed E-state index contributed by atoms with van der Waals surface area (Å²) in [6.07, 6.45) is 15.0. The van der Waals surface area contributed by atoms with Crippen molar-refractivity contribution in [2.75, 3.05) is 19.1 Å². The second kappa shape index (κ2) is 11.8. The van der Waals surface area contributed by atoms with Crippen LogP contribution in [0.3, 0.4) is 0 Å². The van der Waals surface area contributed by atoms with Gasteiger partial charge in [0.1, 0.15) is 11.5 Å². The average molecular weight is 578 g/mol. The third kappa shape index (κ3) is 6.48. The maximum atomic E-state index is 12.9. The van der Waals surface area contributed by atoms with E-state index in [1.165, 1.54) is 5.57 Å². The van der Waals surface area contributed by atoms with E-state index in [2.05, 4.69) is 66.1 Å². The highest BCUT2D eigenvalue weighted by atomic mass is 32.3. The van der Waals surface area contributed by atoms with Crippen molar-refractivity contribution in [1.82, 2.24) is 25.3 Å². The van der Waals surface area contributed by atoms with Gasteiger partial charge in [-0.2, -0.15) is 0 Å². The maximum absolute atomic E-state index is 12.9. The molecule has 0 radical (unpaired) electrons. The van der Waals surface area contributed by atoms with Gasteiger partial charge >= 0.3 is 0 Å². The van der Waals surface area contributed by atoms with E-state index in [0.29, 0.717) is 12.1 Å². The highest BCUT2D eigenvalue weighted by Gasteiger charge is 2.32. The van der Waals surface area contributed by atoms with Crippen LogP contribution in [-0.2, 0) is 10.6 Å². The summed E-state index contributed by atoms with van der Waals surface area (Å²) in [5.41, 5.74) is 5.15. The number of aromatic amines is 1. The molecule has 1 aliphatic rings. The fourth-order valence-electron chi connectivity index (χ4n) is 4.60. The van der Waals surface area contributed by atoms with Gasteiger partial charge < -0.3 is 14.5 Å². The van der Waals surface area contributed by atoms with E-state index in [-0.39, 0.29) is 16.8 Å². The Balaban J connectivity index is 1.35. The third-order valence-electron chi connectivity index (χ3n) is 7.63. The number of hydrogen-bond acceptors (Lipinski definition) is 6. The van der Waals surface area contributed by atoms with Crippen LogP contribution in [0.5, 0.6) is 0 Å². The number of nitrogens with one attached hydrogen (secondary N) is 2. The van der Waals surface area contributed by atoms with Gasteiger partial charge in [-0.05, 0) is 73.4 Å². The molecule has 1 unspecified atom stereocenters. The number of carbonyl (C=O) groups excluding carboxylic acids is 1. The molecule has 7 nitrogen and oxygen atoms in total. The molecule has 1 amide bonds. The lowest BCUT2D eigenvalue weighted by molar-refractivity contribution is 0.0953. The van der Waals surface area contributed by atoms with Crippen molar-refractivity contribution in [3.63, 3.8) is 0 Å². The molecule has 1 aromatic carbocycles. The van der Waals surface area contributed by atoms with Crippen LogP contribution < -0.4 is 5.32 Å². The Kier molecular flexibility index (Phi) is 8.44. The van der Waals surface area contributed by atoms with Crippen LogP contribution in [0.25, 0.3) is 27.2 Å². The van der Waals surface area contributed by atoms with Gasteiger partial charge in [-0.1, -0.05) is 32.9 Å². The van der Waals surface area contributed by atoms with E-state index in [0.717, 1.165) is 65.2 Å². The number of amides is 1. The summed E-state index contributed by atoms with van der Waals surface area (Å²) < 4.78 is 6.79. The highest BCUT2D eigenvalue weighted by Crippen LogP contribution is 2.55. The Labute approximate surface area is 242 Å². The predicted octanol–water partition coefficient (Wildman–Crippen LogP) is 7.17. The van der Waals surface area contributed by atoms with E-state index < -0.39 is 10.3 Å². The average Bonchev–Trinajstić information content (AvgIpc) is 3.64. The molecule has 1 atom stereocenters. The van der Waals surface area contributed by atoms with E-state index >= 15 is 0 Å². The molecule has 3 aromatic heterocycles. The zero-order chi connectivity index (χ0) is 28.3. The van der Waals surface area contributed by atoms with Gasteiger partial charge in [-0.3, -0.25) is 4.79 Å². The van der Waals surface area contributed by atoms with Gasteiger partial charge in [-0.15, -0.1) is 21.6 Å². The number of imidazole rings is 1. The monoisotopic (exact) mass is 577 g/mol. The zero-order valence-electron chi connectivity index (χ0n) is 24.0. The number of benzene rings is 1. The van der Waals surface area contributed by atoms with E-state index in [4.69, 9.17) is 14.2 Å². The molecular weight excluding hydrogens is 539 g/mol. The van der Waals surface area contributed by atoms with Gasteiger partial charge in [0.05, 0.1) is 27.7 Å². The lowest BCUT2D eigenvalue weighted by Gasteiger charge is -2.46. The fourth-order valence-corrected chi connectivity index (χ4v) is 6.45. The van der Waals surface area contributed by atoms with Crippen molar-refractivity contribution < 1.29 is 8.98 Å². The molecule has 0 spiro atoms. The number of allylic oxidation sites excluding steroid dienone is 1. The summed E-state index contributed by atoms with van der Waals surface area (Å²) in [4.78, 5) is 31.4.